The predicted octanol–water partition coefficient (Wildman–Crippen LogP) is 1.90. The van der Waals surface area contributed by atoms with Gasteiger partial charge in [-0.25, -0.2) is 9.37 Å². The van der Waals surface area contributed by atoms with Crippen LogP contribution in [0.2, 0.25) is 0 Å². The van der Waals surface area contributed by atoms with Crippen molar-refractivity contribution in [1.82, 2.24) is 25.5 Å². The largest absolute Gasteiger partial charge is 0.354 e. The highest BCUT2D eigenvalue weighted by Gasteiger charge is 2.46. The summed E-state index contributed by atoms with van der Waals surface area (Å²) in [6.07, 6.45) is 3.79. The number of fused-ring (bicyclic) bond motifs is 2. The number of likely N-dealkylation sites (tertiary alicyclic amines) is 1. The maximum absolute atomic E-state index is 13.4. The molecule has 31 heavy (non-hydrogen) atoms. The van der Waals surface area contributed by atoms with E-state index in [9.17, 15) is 14.0 Å². The van der Waals surface area contributed by atoms with Crippen LogP contribution in [0.15, 0.2) is 30.6 Å². The molecule has 0 bridgehead atoms. The lowest BCUT2D eigenvalue weighted by atomic mass is 9.78. The molecule has 2 aliphatic rings. The Kier molecular flexibility index (Phi) is 6.09. The van der Waals surface area contributed by atoms with Crippen LogP contribution in [0.3, 0.4) is 0 Å². The third kappa shape index (κ3) is 4.63. The molecular weight excluding hydrogens is 397 g/mol. The number of aromatic amines is 1. The van der Waals surface area contributed by atoms with E-state index >= 15 is 0 Å². The Balaban J connectivity index is 1.43. The molecule has 2 aliphatic heterocycles. The zero-order valence-electron chi connectivity index (χ0n) is 18.1. The van der Waals surface area contributed by atoms with Gasteiger partial charge >= 0.3 is 0 Å². The number of nitrogens with zero attached hydrogens (tertiary/aromatic N) is 2. The molecule has 3 N–H and O–H groups in total. The Labute approximate surface area is 181 Å². The van der Waals surface area contributed by atoms with Gasteiger partial charge in [-0.1, -0.05) is 26.0 Å². The molecular formula is C23H30FN5O2. The van der Waals surface area contributed by atoms with Crippen molar-refractivity contribution < 1.29 is 14.0 Å². The van der Waals surface area contributed by atoms with Crippen LogP contribution in [0.4, 0.5) is 4.39 Å². The molecule has 0 aliphatic carbocycles. The first-order valence-electron chi connectivity index (χ1n) is 11.0. The van der Waals surface area contributed by atoms with E-state index in [1.54, 1.807) is 18.5 Å². The molecule has 1 spiro atoms. The fraction of sp³-hybridized carbons (Fsp3) is 0.522. The van der Waals surface area contributed by atoms with Gasteiger partial charge in [0.2, 0.25) is 11.8 Å². The minimum Gasteiger partial charge on any atom is -0.354 e. The minimum atomic E-state index is -0.428. The summed E-state index contributed by atoms with van der Waals surface area (Å²) < 4.78 is 13.4. The summed E-state index contributed by atoms with van der Waals surface area (Å²) in [5.74, 6) is 0.0429. The lowest BCUT2D eigenvalue weighted by Gasteiger charge is -2.46. The summed E-state index contributed by atoms with van der Waals surface area (Å²) in [6, 6.07) is 5.84. The van der Waals surface area contributed by atoms with Crippen molar-refractivity contribution in [3.05, 3.63) is 53.4 Å². The predicted molar refractivity (Wildman–Crippen MR) is 115 cm³/mol. The van der Waals surface area contributed by atoms with Crippen molar-refractivity contribution in [3.63, 3.8) is 0 Å². The van der Waals surface area contributed by atoms with Crippen molar-refractivity contribution in [3.8, 4) is 0 Å². The first kappa shape index (κ1) is 21.5. The molecule has 3 heterocycles. The fourth-order valence-corrected chi connectivity index (χ4v) is 4.58. The van der Waals surface area contributed by atoms with Gasteiger partial charge in [0, 0.05) is 31.7 Å². The number of carbonyl (C=O) groups excluding carboxylic acids is 2. The average Bonchev–Trinajstić information content (AvgIpc) is 3.22. The molecule has 1 atom stereocenters. The number of rotatable bonds is 5. The van der Waals surface area contributed by atoms with Gasteiger partial charge in [-0.2, -0.15) is 0 Å². The van der Waals surface area contributed by atoms with Crippen LogP contribution in [0.1, 0.15) is 43.6 Å². The third-order valence-electron chi connectivity index (χ3n) is 6.25. The van der Waals surface area contributed by atoms with E-state index < -0.39 is 5.54 Å². The van der Waals surface area contributed by atoms with Crippen molar-refractivity contribution in [1.29, 1.82) is 0 Å². The maximum Gasteiger partial charge on any atom is 0.237 e. The van der Waals surface area contributed by atoms with Gasteiger partial charge in [0.1, 0.15) is 5.82 Å². The maximum atomic E-state index is 13.4. The van der Waals surface area contributed by atoms with Gasteiger partial charge in [-0.15, -0.1) is 0 Å². The zero-order valence-corrected chi connectivity index (χ0v) is 18.1. The highest BCUT2D eigenvalue weighted by atomic mass is 19.1. The van der Waals surface area contributed by atoms with Crippen LogP contribution >= 0.6 is 0 Å². The number of H-pyrrole nitrogens is 1. The molecule has 0 saturated carbocycles. The molecule has 1 fully saturated rings. The quantitative estimate of drug-likeness (QED) is 0.680. The standard InChI is InChI=1S/C23H30FN5O2/c1-15(2)13-25-22(31)19-12-18-21(27-14-26-18)23(28-19)6-8-29(9-7-23)20(30)11-16-4-3-5-17(24)10-16/h3-5,10,14-15,19,28H,6-9,11-13H2,1-2H3,(H,25,31)(H,26,27)/t19-/m0/s1. The lowest BCUT2D eigenvalue weighted by molar-refractivity contribution is -0.133. The first-order chi connectivity index (χ1) is 14.9. The van der Waals surface area contributed by atoms with E-state index in [4.69, 9.17) is 0 Å². The Morgan fingerprint density at radius 2 is 2.10 bits per heavy atom. The van der Waals surface area contributed by atoms with Crippen LogP contribution in [-0.2, 0) is 28.0 Å². The van der Waals surface area contributed by atoms with Gasteiger partial charge in [0.25, 0.3) is 0 Å². The Morgan fingerprint density at radius 1 is 1.32 bits per heavy atom. The molecule has 7 nitrogen and oxygen atoms in total. The van der Waals surface area contributed by atoms with E-state index in [1.807, 2.05) is 4.90 Å². The monoisotopic (exact) mass is 427 g/mol. The average molecular weight is 428 g/mol. The summed E-state index contributed by atoms with van der Waals surface area (Å²) in [5.41, 5.74) is 2.20. The van der Waals surface area contributed by atoms with E-state index in [0.29, 0.717) is 50.4 Å². The van der Waals surface area contributed by atoms with Crippen LogP contribution in [0, 0.1) is 11.7 Å². The number of carbonyl (C=O) groups is 2. The highest BCUT2D eigenvalue weighted by molar-refractivity contribution is 5.82. The normalized spacial score (nSPS) is 20.0. The number of hydrogen-bond donors (Lipinski definition) is 3. The van der Waals surface area contributed by atoms with Crippen LogP contribution in [0.5, 0.6) is 0 Å². The summed E-state index contributed by atoms with van der Waals surface area (Å²) >= 11 is 0. The number of benzene rings is 1. The first-order valence-corrected chi connectivity index (χ1v) is 11.0. The van der Waals surface area contributed by atoms with Crippen LogP contribution in [-0.4, -0.2) is 52.4 Å². The molecule has 4 rings (SSSR count). The Bertz CT molecular complexity index is 949. The van der Waals surface area contributed by atoms with Gasteiger partial charge in [0.15, 0.2) is 0 Å². The Morgan fingerprint density at radius 3 is 2.81 bits per heavy atom. The van der Waals surface area contributed by atoms with E-state index in [1.165, 1.54) is 12.1 Å². The number of amides is 2. The molecule has 2 amide bonds. The second-order valence-electron chi connectivity index (χ2n) is 9.04. The second kappa shape index (κ2) is 8.78. The number of nitrogens with one attached hydrogen (secondary N) is 3. The zero-order chi connectivity index (χ0) is 22.0. The number of hydrogen-bond acceptors (Lipinski definition) is 4. The van der Waals surface area contributed by atoms with Gasteiger partial charge in [-0.05, 0) is 36.5 Å². The van der Waals surface area contributed by atoms with Gasteiger partial charge in [-0.3, -0.25) is 14.9 Å². The molecule has 1 aromatic heterocycles. The molecule has 0 radical (unpaired) electrons. The fourth-order valence-electron chi connectivity index (χ4n) is 4.58. The van der Waals surface area contributed by atoms with E-state index in [-0.39, 0.29) is 30.1 Å². The third-order valence-corrected chi connectivity index (χ3v) is 6.25. The number of aromatic nitrogens is 2. The number of halogens is 1. The van der Waals surface area contributed by atoms with Crippen molar-refractivity contribution in [2.45, 2.75) is 51.1 Å². The molecule has 1 aromatic carbocycles. The van der Waals surface area contributed by atoms with Crippen molar-refractivity contribution in [2.24, 2.45) is 5.92 Å². The smallest absolute Gasteiger partial charge is 0.237 e. The van der Waals surface area contributed by atoms with Crippen molar-refractivity contribution >= 4 is 11.8 Å². The summed E-state index contributed by atoms with van der Waals surface area (Å²) in [5, 5.41) is 6.59. The second-order valence-corrected chi connectivity index (χ2v) is 9.04. The van der Waals surface area contributed by atoms with E-state index in [2.05, 4.69) is 34.4 Å². The molecule has 1 saturated heterocycles. The summed E-state index contributed by atoms with van der Waals surface area (Å²) in [7, 11) is 0. The van der Waals surface area contributed by atoms with Crippen molar-refractivity contribution in [2.75, 3.05) is 19.6 Å². The lowest BCUT2D eigenvalue weighted by Crippen LogP contribution is -2.62. The molecule has 8 heteroatoms. The number of piperidine rings is 1. The van der Waals surface area contributed by atoms with E-state index in [0.717, 1.165) is 11.4 Å². The molecule has 2 aromatic rings. The van der Waals surface area contributed by atoms with Gasteiger partial charge in [0.05, 0.1) is 30.0 Å². The summed E-state index contributed by atoms with van der Waals surface area (Å²) in [6.45, 7) is 5.91. The van der Waals surface area contributed by atoms with Gasteiger partial charge < -0.3 is 15.2 Å². The highest BCUT2D eigenvalue weighted by Crippen LogP contribution is 2.37. The molecule has 0 unspecified atom stereocenters. The SMILES string of the molecule is CC(C)CNC(=O)[C@@H]1Cc2[nH]cnc2C2(CCN(C(=O)Cc3cccc(F)c3)CC2)N1. The summed E-state index contributed by atoms with van der Waals surface area (Å²) in [4.78, 5) is 35.1. The van der Waals surface area contributed by atoms with Crippen LogP contribution < -0.4 is 10.6 Å². The minimum absolute atomic E-state index is 0.00191. The van der Waals surface area contributed by atoms with Crippen LogP contribution in [0.25, 0.3) is 0 Å². The topological polar surface area (TPSA) is 90.1 Å². The number of imidazole rings is 1. The Hall–Kier alpha value is -2.74. The molecule has 166 valence electrons.